The zero-order valence-corrected chi connectivity index (χ0v) is 17.0. The minimum absolute atomic E-state index is 0.0299. The number of rotatable bonds is 6. The quantitative estimate of drug-likeness (QED) is 0.460. The predicted molar refractivity (Wildman–Crippen MR) is 112 cm³/mol. The summed E-state index contributed by atoms with van der Waals surface area (Å²) in [5.74, 6) is -0.681. The highest BCUT2D eigenvalue weighted by Gasteiger charge is 2.29. The second-order valence-corrected chi connectivity index (χ2v) is 8.65. The third kappa shape index (κ3) is 3.97. The van der Waals surface area contributed by atoms with Gasteiger partial charge in [0.2, 0.25) is 26.6 Å². The van der Waals surface area contributed by atoms with Gasteiger partial charge in [0.25, 0.3) is 0 Å². The molecule has 30 heavy (non-hydrogen) atoms. The van der Waals surface area contributed by atoms with Gasteiger partial charge in [-0.3, -0.25) is 0 Å². The number of benzene rings is 3. The van der Waals surface area contributed by atoms with Crippen molar-refractivity contribution in [2.75, 3.05) is 5.32 Å². The molecule has 152 valence electrons. The maximum atomic E-state index is 14.3. The first kappa shape index (κ1) is 19.8. The Hall–Kier alpha value is -3.45. The van der Waals surface area contributed by atoms with Crippen LogP contribution in [0.3, 0.4) is 0 Å². The van der Waals surface area contributed by atoms with Gasteiger partial charge in [-0.15, -0.1) is 0 Å². The number of nitrogens with one attached hydrogen (secondary N) is 1. The van der Waals surface area contributed by atoms with E-state index in [0.29, 0.717) is 6.54 Å². The smallest absolute Gasteiger partial charge is 0.234 e. The van der Waals surface area contributed by atoms with Crippen LogP contribution in [0.2, 0.25) is 0 Å². The molecule has 0 saturated heterocycles. The Kier molecular flexibility index (Phi) is 5.37. The van der Waals surface area contributed by atoms with Crippen molar-refractivity contribution in [3.05, 3.63) is 95.8 Å². The fraction of sp³-hybridized carbons (Fsp3) is 0.0870. The maximum Gasteiger partial charge on any atom is 0.234 e. The molecule has 0 unspecified atom stereocenters. The van der Waals surface area contributed by atoms with Crippen LogP contribution in [0.1, 0.15) is 11.1 Å². The minimum atomic E-state index is -3.97. The van der Waals surface area contributed by atoms with Crippen LogP contribution >= 0.6 is 0 Å². The van der Waals surface area contributed by atoms with Crippen LogP contribution in [-0.4, -0.2) is 13.4 Å². The van der Waals surface area contributed by atoms with Crippen LogP contribution in [0.15, 0.2) is 93.2 Å². The lowest BCUT2D eigenvalue weighted by Gasteiger charge is -2.06. The average molecular weight is 422 g/mol. The highest BCUT2D eigenvalue weighted by molar-refractivity contribution is 7.91. The summed E-state index contributed by atoms with van der Waals surface area (Å²) in [4.78, 5) is 4.24. The van der Waals surface area contributed by atoms with E-state index in [2.05, 4.69) is 10.3 Å². The Bertz CT molecular complexity index is 1270. The lowest BCUT2D eigenvalue weighted by Crippen LogP contribution is -2.07. The molecule has 0 saturated carbocycles. The third-order valence-corrected chi connectivity index (χ3v) is 6.26. The van der Waals surface area contributed by atoms with E-state index in [-0.39, 0.29) is 27.3 Å². The second kappa shape index (κ2) is 8.12. The standard InChI is InChI=1S/C23H19FN2O3S/c1-16-11-13-17(14-12-16)15-25-22-23(30(27,28)18-7-3-2-4-8-18)26-21(29-22)19-9-5-6-10-20(19)24/h2-14,25H,15H2,1H3. The normalized spacial score (nSPS) is 11.4. The van der Waals surface area contributed by atoms with Crippen molar-refractivity contribution in [1.82, 2.24) is 4.98 Å². The van der Waals surface area contributed by atoms with Gasteiger partial charge in [-0.25, -0.2) is 12.8 Å². The molecule has 0 atom stereocenters. The van der Waals surface area contributed by atoms with Gasteiger partial charge >= 0.3 is 0 Å². The first-order valence-corrected chi connectivity index (χ1v) is 10.8. The van der Waals surface area contributed by atoms with Crippen LogP contribution < -0.4 is 5.32 Å². The summed E-state index contributed by atoms with van der Waals surface area (Å²) >= 11 is 0. The van der Waals surface area contributed by atoms with E-state index in [1.165, 1.54) is 24.3 Å². The molecule has 0 amide bonds. The number of oxazole rings is 1. The van der Waals surface area contributed by atoms with Gasteiger partial charge in [0.05, 0.1) is 10.5 Å². The van der Waals surface area contributed by atoms with Gasteiger partial charge in [0.1, 0.15) is 5.82 Å². The van der Waals surface area contributed by atoms with Crippen LogP contribution in [0, 0.1) is 12.7 Å². The van der Waals surface area contributed by atoms with Crippen molar-refractivity contribution in [2.24, 2.45) is 0 Å². The van der Waals surface area contributed by atoms with E-state index in [1.807, 2.05) is 31.2 Å². The Balaban J connectivity index is 1.77. The first-order valence-electron chi connectivity index (χ1n) is 9.30. The number of nitrogens with zero attached hydrogens (tertiary/aromatic N) is 1. The summed E-state index contributed by atoms with van der Waals surface area (Å²) in [7, 11) is -3.97. The van der Waals surface area contributed by atoms with Gasteiger partial charge in [0, 0.05) is 6.54 Å². The highest BCUT2D eigenvalue weighted by Crippen LogP contribution is 2.33. The molecule has 7 heteroatoms. The van der Waals surface area contributed by atoms with Crippen molar-refractivity contribution in [2.45, 2.75) is 23.4 Å². The molecule has 1 aromatic heterocycles. The van der Waals surface area contributed by atoms with Gasteiger partial charge < -0.3 is 9.73 Å². The molecule has 0 spiro atoms. The zero-order chi connectivity index (χ0) is 21.1. The molecule has 0 radical (unpaired) electrons. The average Bonchev–Trinajstić information content (AvgIpc) is 3.19. The largest absolute Gasteiger partial charge is 0.419 e. The number of halogens is 1. The van der Waals surface area contributed by atoms with E-state index >= 15 is 0 Å². The lowest BCUT2D eigenvalue weighted by molar-refractivity contribution is 0.567. The van der Waals surface area contributed by atoms with E-state index in [9.17, 15) is 12.8 Å². The lowest BCUT2D eigenvalue weighted by atomic mass is 10.1. The summed E-state index contributed by atoms with van der Waals surface area (Å²) < 4.78 is 46.3. The molecule has 0 bridgehead atoms. The topological polar surface area (TPSA) is 72.2 Å². The molecule has 0 aliphatic rings. The number of anilines is 1. The number of hydrogen-bond acceptors (Lipinski definition) is 5. The summed E-state index contributed by atoms with van der Waals surface area (Å²) in [5, 5.41) is 2.73. The summed E-state index contributed by atoms with van der Waals surface area (Å²) in [5.41, 5.74) is 2.14. The summed E-state index contributed by atoms with van der Waals surface area (Å²) in [6, 6.07) is 21.7. The SMILES string of the molecule is Cc1ccc(CNc2oc(-c3ccccc3F)nc2S(=O)(=O)c2ccccc2)cc1. The van der Waals surface area contributed by atoms with E-state index in [0.717, 1.165) is 11.1 Å². The Morgan fingerprint density at radius 1 is 0.933 bits per heavy atom. The molecule has 0 aliphatic carbocycles. The molecule has 0 fully saturated rings. The Morgan fingerprint density at radius 2 is 1.60 bits per heavy atom. The molecule has 0 aliphatic heterocycles. The van der Waals surface area contributed by atoms with Gasteiger partial charge in [-0.05, 0) is 36.8 Å². The van der Waals surface area contributed by atoms with E-state index in [4.69, 9.17) is 4.42 Å². The number of hydrogen-bond donors (Lipinski definition) is 1. The van der Waals surface area contributed by atoms with E-state index < -0.39 is 15.7 Å². The fourth-order valence-corrected chi connectivity index (χ4v) is 4.25. The van der Waals surface area contributed by atoms with Crippen molar-refractivity contribution in [3.63, 3.8) is 0 Å². The van der Waals surface area contributed by atoms with Gasteiger partial charge in [-0.2, -0.15) is 4.98 Å². The highest BCUT2D eigenvalue weighted by atomic mass is 32.2. The summed E-state index contributed by atoms with van der Waals surface area (Å²) in [6.45, 7) is 2.31. The van der Waals surface area contributed by atoms with Crippen molar-refractivity contribution in [1.29, 1.82) is 0 Å². The molecule has 4 rings (SSSR count). The summed E-state index contributed by atoms with van der Waals surface area (Å²) in [6.07, 6.45) is 0. The predicted octanol–water partition coefficient (Wildman–Crippen LogP) is 5.23. The molecule has 4 aromatic rings. The number of aryl methyl sites for hydroxylation is 1. The molecular weight excluding hydrogens is 403 g/mol. The van der Waals surface area contributed by atoms with E-state index in [1.54, 1.807) is 30.3 Å². The molecular formula is C23H19FN2O3S. The van der Waals surface area contributed by atoms with Crippen LogP contribution in [0.5, 0.6) is 0 Å². The second-order valence-electron chi connectivity index (χ2n) is 6.79. The minimum Gasteiger partial charge on any atom is -0.419 e. The molecule has 3 aromatic carbocycles. The van der Waals surface area contributed by atoms with Gasteiger partial charge in [-0.1, -0.05) is 60.2 Å². The molecule has 1 N–H and O–H groups in total. The van der Waals surface area contributed by atoms with Crippen molar-refractivity contribution >= 4 is 15.7 Å². The van der Waals surface area contributed by atoms with Crippen LogP contribution in [0.25, 0.3) is 11.5 Å². The van der Waals surface area contributed by atoms with Crippen LogP contribution in [0.4, 0.5) is 10.3 Å². The zero-order valence-electron chi connectivity index (χ0n) is 16.2. The Labute approximate surface area is 174 Å². The number of aromatic nitrogens is 1. The first-order chi connectivity index (χ1) is 14.4. The third-order valence-electron chi connectivity index (χ3n) is 4.58. The van der Waals surface area contributed by atoms with Gasteiger partial charge in [0.15, 0.2) is 0 Å². The van der Waals surface area contributed by atoms with Crippen molar-refractivity contribution in [3.8, 4) is 11.5 Å². The number of sulfone groups is 1. The van der Waals surface area contributed by atoms with Crippen LogP contribution in [-0.2, 0) is 16.4 Å². The Morgan fingerprint density at radius 3 is 2.30 bits per heavy atom. The van der Waals surface area contributed by atoms with Crippen molar-refractivity contribution < 1.29 is 17.2 Å². The monoisotopic (exact) mass is 422 g/mol. The fourth-order valence-electron chi connectivity index (χ4n) is 2.95. The molecule has 5 nitrogen and oxygen atoms in total. The molecule has 1 heterocycles. The maximum absolute atomic E-state index is 14.3.